The molecule has 1 heterocycles. The summed E-state index contributed by atoms with van der Waals surface area (Å²) in [5.41, 5.74) is 7.68. The highest BCUT2D eigenvalue weighted by molar-refractivity contribution is 7.98. The minimum atomic E-state index is -0.282. The molecule has 0 atom stereocenters. The van der Waals surface area contributed by atoms with Gasteiger partial charge in [0.1, 0.15) is 17.2 Å². The van der Waals surface area contributed by atoms with E-state index in [9.17, 15) is 4.39 Å². The Morgan fingerprint density at radius 2 is 1.90 bits per heavy atom. The lowest BCUT2D eigenvalue weighted by molar-refractivity contribution is 0.618. The molecule has 100 valence electrons. The molecule has 0 radical (unpaired) electrons. The maximum Gasteiger partial charge on any atom is 0.129 e. The summed E-state index contributed by atoms with van der Waals surface area (Å²) in [4.78, 5) is 8.48. The first-order valence-corrected chi connectivity index (χ1v) is 7.09. The van der Waals surface area contributed by atoms with Crippen LogP contribution in [0.2, 0.25) is 0 Å². The molecule has 20 heavy (non-hydrogen) atoms. The largest absolute Gasteiger partial charge is 0.398 e. The number of benzene rings is 2. The van der Waals surface area contributed by atoms with Crippen molar-refractivity contribution in [2.45, 2.75) is 10.8 Å². The lowest BCUT2D eigenvalue weighted by atomic mass is 10.2. The number of anilines is 1. The average molecular weight is 285 g/mol. The van der Waals surface area contributed by atoms with Crippen LogP contribution in [0, 0.1) is 5.82 Å². The number of nitrogen functional groups attached to an aromatic ring is 1. The summed E-state index contributed by atoms with van der Waals surface area (Å²) in [5, 5.41) is 1.80. The fourth-order valence-corrected chi connectivity index (χ4v) is 3.00. The van der Waals surface area contributed by atoms with Crippen LogP contribution < -0.4 is 5.73 Å². The molecule has 3 nitrogen and oxygen atoms in total. The summed E-state index contributed by atoms with van der Waals surface area (Å²) in [6.07, 6.45) is 1.52. The molecule has 0 aliphatic heterocycles. The van der Waals surface area contributed by atoms with E-state index < -0.39 is 0 Å². The molecule has 0 saturated carbocycles. The molecule has 0 fully saturated rings. The number of hydrogen-bond donors (Lipinski definition) is 1. The summed E-state index contributed by atoms with van der Waals surface area (Å²) in [7, 11) is 0. The maximum atomic E-state index is 13.7. The van der Waals surface area contributed by atoms with Gasteiger partial charge in [0, 0.05) is 22.4 Å². The van der Waals surface area contributed by atoms with Crippen LogP contribution in [0.5, 0.6) is 0 Å². The number of fused-ring (bicyclic) bond motifs is 1. The van der Waals surface area contributed by atoms with E-state index in [1.165, 1.54) is 24.2 Å². The van der Waals surface area contributed by atoms with Gasteiger partial charge in [-0.1, -0.05) is 24.3 Å². The first-order valence-electron chi connectivity index (χ1n) is 6.11. The fourth-order valence-electron chi connectivity index (χ4n) is 1.96. The zero-order chi connectivity index (χ0) is 13.9. The molecule has 0 amide bonds. The zero-order valence-corrected chi connectivity index (χ0v) is 11.4. The summed E-state index contributed by atoms with van der Waals surface area (Å²) in [6.45, 7) is 0. The van der Waals surface area contributed by atoms with Gasteiger partial charge in [0.25, 0.3) is 0 Å². The summed E-state index contributed by atoms with van der Waals surface area (Å²) in [5.74, 6) is 0.162. The molecular weight excluding hydrogens is 273 g/mol. The van der Waals surface area contributed by atoms with Crippen molar-refractivity contribution in [3.05, 3.63) is 60.2 Å². The molecule has 1 aromatic heterocycles. The van der Waals surface area contributed by atoms with Gasteiger partial charge in [0.05, 0.1) is 5.52 Å². The Labute approximate surface area is 120 Å². The molecule has 2 N–H and O–H groups in total. The van der Waals surface area contributed by atoms with Crippen molar-refractivity contribution < 1.29 is 4.39 Å². The number of hydrogen-bond acceptors (Lipinski definition) is 4. The monoisotopic (exact) mass is 285 g/mol. The third-order valence-corrected chi connectivity index (χ3v) is 4.05. The highest BCUT2D eigenvalue weighted by Crippen LogP contribution is 2.29. The third-order valence-electron chi connectivity index (χ3n) is 3.01. The normalized spacial score (nSPS) is 10.8. The predicted octanol–water partition coefficient (Wildman–Crippen LogP) is 3.64. The zero-order valence-electron chi connectivity index (χ0n) is 10.6. The van der Waals surface area contributed by atoms with Gasteiger partial charge in [-0.2, -0.15) is 0 Å². The Morgan fingerprint density at radius 1 is 1.05 bits per heavy atom. The Bertz CT molecular complexity index is 735. The minimum absolute atomic E-state index is 0.282. The van der Waals surface area contributed by atoms with Crippen molar-refractivity contribution in [3.63, 3.8) is 0 Å². The van der Waals surface area contributed by atoms with Crippen LogP contribution >= 0.6 is 11.8 Å². The number of para-hydroxylation sites is 1. The molecule has 3 aromatic rings. The first kappa shape index (κ1) is 12.9. The van der Waals surface area contributed by atoms with Gasteiger partial charge in [0.15, 0.2) is 0 Å². The van der Waals surface area contributed by atoms with Crippen molar-refractivity contribution >= 4 is 28.4 Å². The van der Waals surface area contributed by atoms with Crippen molar-refractivity contribution in [1.29, 1.82) is 0 Å². The first-order chi connectivity index (χ1) is 9.75. The standard InChI is InChI=1S/C15H12FN3S/c16-12-5-3-6-13(17)11(12)8-20-15-10-4-1-2-7-14(10)18-9-19-15/h1-7,9H,8,17H2. The number of halogens is 1. The number of rotatable bonds is 3. The lowest BCUT2D eigenvalue weighted by Gasteiger charge is -2.07. The topological polar surface area (TPSA) is 51.8 Å². The molecule has 0 bridgehead atoms. The van der Waals surface area contributed by atoms with Crippen LogP contribution in [0.1, 0.15) is 5.56 Å². The summed E-state index contributed by atoms with van der Waals surface area (Å²) < 4.78 is 13.7. The van der Waals surface area contributed by atoms with Crippen molar-refractivity contribution in [1.82, 2.24) is 9.97 Å². The smallest absolute Gasteiger partial charge is 0.129 e. The SMILES string of the molecule is Nc1cccc(F)c1CSc1ncnc2ccccc12. The van der Waals surface area contributed by atoms with E-state index in [0.717, 1.165) is 15.9 Å². The highest BCUT2D eigenvalue weighted by atomic mass is 32.2. The van der Waals surface area contributed by atoms with Gasteiger partial charge in [-0.15, -0.1) is 11.8 Å². The van der Waals surface area contributed by atoms with Gasteiger partial charge in [-0.05, 0) is 18.2 Å². The number of nitrogens with zero attached hydrogens (tertiary/aromatic N) is 2. The Hall–Kier alpha value is -2.14. The van der Waals surface area contributed by atoms with Crippen LogP contribution in [-0.4, -0.2) is 9.97 Å². The van der Waals surface area contributed by atoms with Crippen LogP contribution in [0.4, 0.5) is 10.1 Å². The van der Waals surface area contributed by atoms with Crippen LogP contribution in [0.25, 0.3) is 10.9 Å². The van der Waals surface area contributed by atoms with Crippen LogP contribution in [0.15, 0.2) is 53.8 Å². The van der Waals surface area contributed by atoms with E-state index >= 15 is 0 Å². The lowest BCUT2D eigenvalue weighted by Crippen LogP contribution is -1.96. The van der Waals surface area contributed by atoms with E-state index in [4.69, 9.17) is 5.73 Å². The van der Waals surface area contributed by atoms with Gasteiger partial charge in [-0.25, -0.2) is 14.4 Å². The quantitative estimate of drug-likeness (QED) is 0.453. The van der Waals surface area contributed by atoms with E-state index in [-0.39, 0.29) is 5.82 Å². The van der Waals surface area contributed by atoms with Crippen molar-refractivity contribution in [2.24, 2.45) is 0 Å². The van der Waals surface area contributed by atoms with E-state index in [2.05, 4.69) is 9.97 Å². The van der Waals surface area contributed by atoms with Gasteiger partial charge in [-0.3, -0.25) is 0 Å². The maximum absolute atomic E-state index is 13.7. The highest BCUT2D eigenvalue weighted by Gasteiger charge is 2.09. The fraction of sp³-hybridized carbons (Fsp3) is 0.0667. The molecule has 0 saturated heterocycles. The average Bonchev–Trinajstić information content (AvgIpc) is 2.47. The Balaban J connectivity index is 1.91. The van der Waals surface area contributed by atoms with Gasteiger partial charge in [0.2, 0.25) is 0 Å². The van der Waals surface area contributed by atoms with Gasteiger partial charge < -0.3 is 5.73 Å². The minimum Gasteiger partial charge on any atom is -0.398 e. The number of nitrogens with two attached hydrogens (primary N) is 1. The van der Waals surface area contributed by atoms with Crippen molar-refractivity contribution in [3.8, 4) is 0 Å². The molecule has 0 unspecified atom stereocenters. The molecule has 0 spiro atoms. The van der Waals surface area contributed by atoms with E-state index in [1.54, 1.807) is 12.1 Å². The van der Waals surface area contributed by atoms with Crippen LogP contribution in [0.3, 0.4) is 0 Å². The Morgan fingerprint density at radius 3 is 2.75 bits per heavy atom. The molecule has 0 aliphatic rings. The number of thioether (sulfide) groups is 1. The predicted molar refractivity (Wildman–Crippen MR) is 79.9 cm³/mol. The number of aromatic nitrogens is 2. The van der Waals surface area contributed by atoms with E-state index in [0.29, 0.717) is 17.0 Å². The third kappa shape index (κ3) is 2.44. The second-order valence-electron chi connectivity index (χ2n) is 4.29. The molecule has 2 aromatic carbocycles. The van der Waals surface area contributed by atoms with Crippen molar-refractivity contribution in [2.75, 3.05) is 5.73 Å². The van der Waals surface area contributed by atoms with E-state index in [1.807, 2.05) is 24.3 Å². The summed E-state index contributed by atoms with van der Waals surface area (Å²) in [6, 6.07) is 12.5. The summed E-state index contributed by atoms with van der Waals surface area (Å²) >= 11 is 1.46. The molecular formula is C15H12FN3S. The Kier molecular flexibility index (Phi) is 3.52. The van der Waals surface area contributed by atoms with Crippen LogP contribution in [-0.2, 0) is 5.75 Å². The molecule has 5 heteroatoms. The molecule has 0 aliphatic carbocycles. The second-order valence-corrected chi connectivity index (χ2v) is 5.26. The van der Waals surface area contributed by atoms with Gasteiger partial charge >= 0.3 is 0 Å². The second kappa shape index (κ2) is 5.46. The molecule has 3 rings (SSSR count).